The first kappa shape index (κ1) is 39.3. The molecule has 2 saturated heterocycles. The lowest BCUT2D eigenvalue weighted by Crippen LogP contribution is -2.65. The van der Waals surface area contributed by atoms with Gasteiger partial charge in [-0.1, -0.05) is 34.2 Å². The van der Waals surface area contributed by atoms with E-state index in [1.807, 2.05) is 29.2 Å². The van der Waals surface area contributed by atoms with Crippen molar-refractivity contribution in [2.24, 2.45) is 0 Å². The monoisotopic (exact) mass is 852 g/mol. The number of halogens is 2. The molecule has 3 aromatic rings. The van der Waals surface area contributed by atoms with Crippen LogP contribution in [0.2, 0.25) is 5.02 Å². The summed E-state index contributed by atoms with van der Waals surface area (Å²) in [6, 6.07) is 7.66. The molecular formula is C37H50ClIN6O7. The zero-order chi connectivity index (χ0) is 36.2. The molecule has 3 aliphatic heterocycles. The number of ether oxygens (including phenoxy) is 5. The Hall–Kier alpha value is -2.44. The third-order valence-corrected chi connectivity index (χ3v) is 10.6. The molecule has 2 aromatic heterocycles. The first-order valence-corrected chi connectivity index (χ1v) is 20.3. The number of aromatic nitrogens is 3. The van der Waals surface area contributed by atoms with E-state index in [1.165, 1.54) is 12.8 Å². The summed E-state index contributed by atoms with van der Waals surface area (Å²) >= 11 is 8.52. The van der Waals surface area contributed by atoms with Gasteiger partial charge in [-0.05, 0) is 68.6 Å². The van der Waals surface area contributed by atoms with Crippen molar-refractivity contribution < 1.29 is 33.3 Å². The Labute approximate surface area is 324 Å². The number of unbranched alkanes of at least 4 members (excludes halogenated alkanes) is 1. The van der Waals surface area contributed by atoms with Gasteiger partial charge in [-0.15, -0.1) is 0 Å². The van der Waals surface area contributed by atoms with E-state index >= 15 is 0 Å². The summed E-state index contributed by atoms with van der Waals surface area (Å²) in [5, 5.41) is 0.614. The second-order valence-electron chi connectivity index (χ2n) is 13.4. The lowest BCUT2D eigenvalue weighted by molar-refractivity contribution is -0.144. The van der Waals surface area contributed by atoms with Crippen LogP contribution in [0, 0.1) is 0 Å². The van der Waals surface area contributed by atoms with Crippen LogP contribution < -0.4 is 4.90 Å². The summed E-state index contributed by atoms with van der Waals surface area (Å²) in [4.78, 5) is 42.7. The van der Waals surface area contributed by atoms with Crippen molar-refractivity contribution in [2.75, 3.05) is 102 Å². The Kier molecular flexibility index (Phi) is 14.9. The number of alkyl halides is 1. The van der Waals surface area contributed by atoms with Gasteiger partial charge in [0.15, 0.2) is 0 Å². The van der Waals surface area contributed by atoms with Crippen molar-refractivity contribution >= 4 is 62.7 Å². The fourth-order valence-corrected chi connectivity index (χ4v) is 7.70. The number of pyridine rings is 1. The van der Waals surface area contributed by atoms with E-state index in [9.17, 15) is 9.59 Å². The van der Waals surface area contributed by atoms with Gasteiger partial charge in [-0.2, -0.15) is 0 Å². The molecule has 284 valence electrons. The number of imidazole rings is 1. The molecule has 3 aliphatic rings. The number of carbonyl (C=O) groups excluding carboxylic acids is 2. The van der Waals surface area contributed by atoms with E-state index in [0.717, 1.165) is 60.6 Å². The average Bonchev–Trinajstić information content (AvgIpc) is 3.83. The zero-order valence-electron chi connectivity index (χ0n) is 29.8. The fourth-order valence-electron chi connectivity index (χ4n) is 7.22. The molecule has 13 nitrogen and oxygen atoms in total. The van der Waals surface area contributed by atoms with Crippen LogP contribution in [-0.2, 0) is 51.8 Å². The summed E-state index contributed by atoms with van der Waals surface area (Å²) in [5.41, 5.74) is 2.75. The van der Waals surface area contributed by atoms with Gasteiger partial charge in [0, 0.05) is 50.4 Å². The van der Waals surface area contributed by atoms with E-state index in [1.54, 1.807) is 17.3 Å². The summed E-state index contributed by atoms with van der Waals surface area (Å²) < 4.78 is 30.4. The van der Waals surface area contributed by atoms with E-state index < -0.39 is 5.41 Å². The predicted octanol–water partition coefficient (Wildman–Crippen LogP) is 4.45. The number of hydrogen-bond donors (Lipinski definition) is 0. The topological polar surface area (TPSA) is 121 Å². The Morgan fingerprint density at radius 1 is 0.865 bits per heavy atom. The number of aryl methyl sites for hydroxylation is 1. The van der Waals surface area contributed by atoms with E-state index in [-0.39, 0.29) is 11.8 Å². The van der Waals surface area contributed by atoms with Crippen LogP contribution >= 0.6 is 34.2 Å². The summed E-state index contributed by atoms with van der Waals surface area (Å²) in [7, 11) is 0. The van der Waals surface area contributed by atoms with E-state index in [0.29, 0.717) is 102 Å². The van der Waals surface area contributed by atoms with Gasteiger partial charge >= 0.3 is 0 Å². The highest BCUT2D eigenvalue weighted by Gasteiger charge is 2.59. The second kappa shape index (κ2) is 19.8. The van der Waals surface area contributed by atoms with Gasteiger partial charge in [0.05, 0.1) is 86.9 Å². The average molecular weight is 853 g/mol. The molecule has 0 bridgehead atoms. The number of amides is 2. The molecule has 15 heteroatoms. The van der Waals surface area contributed by atoms with Gasteiger partial charge in [0.25, 0.3) is 0 Å². The molecule has 0 unspecified atom stereocenters. The summed E-state index contributed by atoms with van der Waals surface area (Å²) in [6.45, 7) is 9.65. The molecule has 1 spiro atoms. The lowest BCUT2D eigenvalue weighted by Gasteiger charge is -2.47. The SMILES string of the molecule is O=C(CCN1CCCC1)N1CC2(C1)C(=O)N(Cc1nc3cc(Cl)ccc3n1CCCCOCCOCCOCCOCCOCI)c1cnccc12. The van der Waals surface area contributed by atoms with Crippen LogP contribution in [0.5, 0.6) is 0 Å². The van der Waals surface area contributed by atoms with Crippen LogP contribution in [0.15, 0.2) is 36.7 Å². The number of benzene rings is 1. The smallest absolute Gasteiger partial charge is 0.241 e. The van der Waals surface area contributed by atoms with Gasteiger partial charge in [-0.25, -0.2) is 4.98 Å². The second-order valence-corrected chi connectivity index (χ2v) is 14.5. The van der Waals surface area contributed by atoms with Crippen molar-refractivity contribution in [1.29, 1.82) is 0 Å². The molecule has 5 heterocycles. The van der Waals surface area contributed by atoms with Crippen molar-refractivity contribution in [3.63, 3.8) is 0 Å². The standard InChI is InChI=1S/C37H50ClIN6O7/c38-29-5-6-32-31(23-29)41-34(44(32)12-3-4-14-48-15-16-49-17-18-50-19-20-51-21-22-52-28-39)25-45-33-24-40-9-7-30(33)37(36(45)47)26-43(27-37)35(46)8-13-42-10-1-2-11-42/h5-7,9,23-24H,1-4,8,10-22,25-28H2. The number of rotatable bonds is 23. The van der Waals surface area contributed by atoms with Crippen molar-refractivity contribution in [2.45, 2.75) is 50.6 Å². The molecular weight excluding hydrogens is 803 g/mol. The third kappa shape index (κ3) is 9.80. The largest absolute Gasteiger partial charge is 0.379 e. The Morgan fingerprint density at radius 3 is 2.23 bits per heavy atom. The van der Waals surface area contributed by atoms with Crippen molar-refractivity contribution in [3.8, 4) is 0 Å². The van der Waals surface area contributed by atoms with Crippen LogP contribution in [0.25, 0.3) is 11.0 Å². The van der Waals surface area contributed by atoms with Crippen LogP contribution in [0.1, 0.15) is 43.5 Å². The Balaban J connectivity index is 0.967. The molecule has 52 heavy (non-hydrogen) atoms. The maximum absolute atomic E-state index is 14.3. The van der Waals surface area contributed by atoms with Gasteiger partial charge < -0.3 is 43.0 Å². The number of nitrogens with zero attached hydrogens (tertiary/aromatic N) is 6. The molecule has 2 fully saturated rings. The first-order chi connectivity index (χ1) is 25.5. The van der Waals surface area contributed by atoms with Gasteiger partial charge in [0.2, 0.25) is 11.8 Å². The number of likely N-dealkylation sites (tertiary alicyclic amines) is 2. The minimum atomic E-state index is -0.742. The van der Waals surface area contributed by atoms with Crippen molar-refractivity contribution in [3.05, 3.63) is 53.1 Å². The molecule has 0 aliphatic carbocycles. The minimum Gasteiger partial charge on any atom is -0.379 e. The van der Waals surface area contributed by atoms with Crippen LogP contribution in [0.4, 0.5) is 5.69 Å². The zero-order valence-corrected chi connectivity index (χ0v) is 32.7. The molecule has 0 atom stereocenters. The third-order valence-electron chi connectivity index (χ3n) is 9.95. The highest BCUT2D eigenvalue weighted by atomic mass is 127. The van der Waals surface area contributed by atoms with Gasteiger partial charge in [0.1, 0.15) is 11.2 Å². The molecule has 6 rings (SSSR count). The van der Waals surface area contributed by atoms with Gasteiger partial charge in [-0.3, -0.25) is 14.6 Å². The Bertz CT molecular complexity index is 1620. The molecule has 0 radical (unpaired) electrons. The molecule has 0 N–H and O–H groups in total. The maximum atomic E-state index is 14.3. The maximum Gasteiger partial charge on any atom is 0.241 e. The van der Waals surface area contributed by atoms with E-state index in [4.69, 9.17) is 40.3 Å². The van der Waals surface area contributed by atoms with Crippen LogP contribution in [0.3, 0.4) is 0 Å². The highest BCUT2D eigenvalue weighted by molar-refractivity contribution is 14.1. The number of carbonyl (C=O) groups is 2. The molecule has 1 aromatic carbocycles. The fraction of sp³-hybridized carbons (Fsp3) is 0.622. The minimum absolute atomic E-state index is 0.0000430. The normalized spacial score (nSPS) is 16.8. The first-order valence-electron chi connectivity index (χ1n) is 18.4. The van der Waals surface area contributed by atoms with Crippen molar-refractivity contribution in [1.82, 2.24) is 24.3 Å². The quantitative estimate of drug-likeness (QED) is 0.0770. The number of hydrogen-bond acceptors (Lipinski definition) is 10. The predicted molar refractivity (Wildman–Crippen MR) is 206 cm³/mol. The van der Waals surface area contributed by atoms with Crippen LogP contribution in [-0.4, -0.2) is 133 Å². The Morgan fingerprint density at radius 2 is 1.54 bits per heavy atom. The lowest BCUT2D eigenvalue weighted by atomic mass is 9.74. The number of anilines is 1. The summed E-state index contributed by atoms with van der Waals surface area (Å²) in [5.74, 6) is 0.898. The van der Waals surface area contributed by atoms with E-state index in [2.05, 4.69) is 37.0 Å². The number of fused-ring (bicyclic) bond motifs is 3. The highest BCUT2D eigenvalue weighted by Crippen LogP contribution is 2.47. The molecule has 0 saturated carbocycles. The molecule has 2 amide bonds. The summed E-state index contributed by atoms with van der Waals surface area (Å²) in [6.07, 6.45) is 8.12.